The molecule has 1 saturated carbocycles. The van der Waals surface area contributed by atoms with Gasteiger partial charge in [0, 0.05) is 25.2 Å². The smallest absolute Gasteiger partial charge is 0.148 e. The number of nitrogens with zero attached hydrogens (tertiary/aromatic N) is 4. The molecule has 2 fully saturated rings. The molecule has 2 N–H and O–H groups in total. The second-order valence-corrected chi connectivity index (χ2v) is 7.13. The summed E-state index contributed by atoms with van der Waals surface area (Å²) in [5.74, 6) is 0.634. The van der Waals surface area contributed by atoms with Crippen molar-refractivity contribution in [2.45, 2.75) is 63.6 Å². The molecule has 1 saturated heterocycles. The van der Waals surface area contributed by atoms with Crippen LogP contribution in [0.2, 0.25) is 0 Å². The summed E-state index contributed by atoms with van der Waals surface area (Å²) in [6.07, 6.45) is 5.92. The number of rotatable bonds is 3. The first kappa shape index (κ1) is 17.7. The lowest BCUT2D eigenvalue weighted by Crippen LogP contribution is -2.51. The molecule has 2 aliphatic rings. The Morgan fingerprint density at radius 3 is 2.52 bits per heavy atom. The molecule has 0 amide bonds. The quantitative estimate of drug-likeness (QED) is 0.874. The predicted octanol–water partition coefficient (Wildman–Crippen LogP) is 2.00. The number of piperidine rings is 1. The van der Waals surface area contributed by atoms with Crippen LogP contribution >= 0.6 is 0 Å². The second kappa shape index (κ2) is 7.82. The minimum absolute atomic E-state index is 0.210. The number of anilines is 1. The third-order valence-electron chi connectivity index (χ3n) is 5.40. The Balaban J connectivity index is 1.65. The normalized spacial score (nSPS) is 24.6. The van der Waals surface area contributed by atoms with Crippen molar-refractivity contribution in [2.24, 2.45) is 0 Å². The van der Waals surface area contributed by atoms with Crippen molar-refractivity contribution < 1.29 is 5.11 Å². The molecule has 1 aliphatic heterocycles. The van der Waals surface area contributed by atoms with E-state index in [9.17, 15) is 10.4 Å². The van der Waals surface area contributed by atoms with Gasteiger partial charge in [0.25, 0.3) is 0 Å². The number of aliphatic hydroxyl groups is 1. The zero-order chi connectivity index (χ0) is 17.8. The minimum atomic E-state index is -0.228. The Labute approximate surface area is 149 Å². The Kier molecular flexibility index (Phi) is 5.53. The van der Waals surface area contributed by atoms with Gasteiger partial charge in [-0.15, -0.1) is 0 Å². The third-order valence-corrected chi connectivity index (χ3v) is 5.40. The molecule has 3 rings (SSSR count). The number of hydrogen-bond acceptors (Lipinski definition) is 6. The molecule has 25 heavy (non-hydrogen) atoms. The van der Waals surface area contributed by atoms with Gasteiger partial charge in [-0.05, 0) is 44.2 Å². The van der Waals surface area contributed by atoms with Gasteiger partial charge in [0.1, 0.15) is 23.7 Å². The van der Waals surface area contributed by atoms with Crippen LogP contribution in [0.5, 0.6) is 0 Å². The van der Waals surface area contributed by atoms with Crippen molar-refractivity contribution >= 4 is 5.82 Å². The van der Waals surface area contributed by atoms with Crippen molar-refractivity contribution in [3.05, 3.63) is 22.9 Å². The number of aliphatic hydroxyl groups excluding tert-OH is 1. The van der Waals surface area contributed by atoms with Crippen LogP contribution in [-0.2, 0) is 0 Å². The number of nitrogens with one attached hydrogen (secondary N) is 1. The molecular weight excluding hydrogens is 314 g/mol. The van der Waals surface area contributed by atoms with E-state index in [4.69, 9.17) is 5.26 Å². The zero-order valence-corrected chi connectivity index (χ0v) is 14.7. The van der Waals surface area contributed by atoms with E-state index in [2.05, 4.69) is 27.3 Å². The van der Waals surface area contributed by atoms with E-state index in [-0.39, 0.29) is 12.1 Å². The van der Waals surface area contributed by atoms with Crippen molar-refractivity contribution in [3.8, 4) is 12.1 Å². The first-order valence-electron chi connectivity index (χ1n) is 9.13. The summed E-state index contributed by atoms with van der Waals surface area (Å²) in [5.41, 5.74) is 1.72. The molecule has 2 atom stereocenters. The maximum absolute atomic E-state index is 10.1. The molecule has 1 aromatic heterocycles. The van der Waals surface area contributed by atoms with Gasteiger partial charge in [-0.2, -0.15) is 10.5 Å². The Hall–Kier alpha value is -2.15. The highest BCUT2D eigenvalue weighted by molar-refractivity contribution is 5.59. The van der Waals surface area contributed by atoms with E-state index < -0.39 is 0 Å². The second-order valence-electron chi connectivity index (χ2n) is 7.13. The van der Waals surface area contributed by atoms with Gasteiger partial charge in [0.05, 0.1) is 11.7 Å². The van der Waals surface area contributed by atoms with E-state index in [0.29, 0.717) is 23.1 Å². The van der Waals surface area contributed by atoms with Crippen LogP contribution in [0.1, 0.15) is 55.3 Å². The fourth-order valence-electron chi connectivity index (χ4n) is 3.95. The molecule has 1 aromatic rings. The van der Waals surface area contributed by atoms with Gasteiger partial charge in [0.2, 0.25) is 0 Å². The number of aryl methyl sites for hydroxylation is 1. The van der Waals surface area contributed by atoms with Crippen molar-refractivity contribution in [2.75, 3.05) is 18.0 Å². The molecule has 1 aliphatic carbocycles. The standard InChI is InChI=1S/C19H25N5O/c1-13-10-15(11-20)23-19(16(13)12-21)24-8-6-14(7-9-24)22-17-4-2-3-5-18(17)25/h10,14,17-18,22,25H,2-9H2,1H3/t17-,18-/m1/s1. The first-order valence-corrected chi connectivity index (χ1v) is 9.13. The Morgan fingerprint density at radius 1 is 1.16 bits per heavy atom. The zero-order valence-electron chi connectivity index (χ0n) is 14.7. The molecule has 132 valence electrons. The van der Waals surface area contributed by atoms with Crippen LogP contribution in [-0.4, -0.2) is 41.4 Å². The van der Waals surface area contributed by atoms with E-state index in [0.717, 1.165) is 50.8 Å². The van der Waals surface area contributed by atoms with Gasteiger partial charge in [-0.3, -0.25) is 0 Å². The molecule has 0 bridgehead atoms. The van der Waals surface area contributed by atoms with Crippen molar-refractivity contribution in [1.82, 2.24) is 10.3 Å². The Bertz CT molecular complexity index is 697. The van der Waals surface area contributed by atoms with E-state index in [1.807, 2.05) is 6.92 Å². The lowest BCUT2D eigenvalue weighted by molar-refractivity contribution is 0.0828. The highest BCUT2D eigenvalue weighted by atomic mass is 16.3. The van der Waals surface area contributed by atoms with Crippen LogP contribution in [0.3, 0.4) is 0 Å². The highest BCUT2D eigenvalue weighted by Gasteiger charge is 2.28. The molecular formula is C19H25N5O. The summed E-state index contributed by atoms with van der Waals surface area (Å²) in [4.78, 5) is 6.49. The van der Waals surface area contributed by atoms with Crippen LogP contribution in [0.4, 0.5) is 5.82 Å². The molecule has 2 heterocycles. The number of pyridine rings is 1. The van der Waals surface area contributed by atoms with Crippen molar-refractivity contribution in [1.29, 1.82) is 10.5 Å². The van der Waals surface area contributed by atoms with E-state index >= 15 is 0 Å². The summed E-state index contributed by atoms with van der Waals surface area (Å²) in [6, 6.07) is 6.58. The molecule has 0 unspecified atom stereocenters. The molecule has 6 heteroatoms. The van der Waals surface area contributed by atoms with Gasteiger partial charge >= 0.3 is 0 Å². The fraction of sp³-hybridized carbons (Fsp3) is 0.632. The summed E-state index contributed by atoms with van der Waals surface area (Å²) in [5, 5.41) is 32.4. The number of aromatic nitrogens is 1. The number of nitriles is 2. The summed E-state index contributed by atoms with van der Waals surface area (Å²) < 4.78 is 0. The Morgan fingerprint density at radius 2 is 1.88 bits per heavy atom. The average Bonchev–Trinajstić information content (AvgIpc) is 2.63. The number of hydrogen-bond donors (Lipinski definition) is 2. The third kappa shape index (κ3) is 3.92. The maximum atomic E-state index is 10.1. The fourth-order valence-corrected chi connectivity index (χ4v) is 3.95. The predicted molar refractivity (Wildman–Crippen MR) is 95.0 cm³/mol. The first-order chi connectivity index (χ1) is 12.1. The van der Waals surface area contributed by atoms with E-state index in [1.165, 1.54) is 6.42 Å². The van der Waals surface area contributed by atoms with Crippen LogP contribution in [0, 0.1) is 29.6 Å². The summed E-state index contributed by atoms with van der Waals surface area (Å²) >= 11 is 0. The lowest BCUT2D eigenvalue weighted by atomic mass is 9.91. The van der Waals surface area contributed by atoms with Gasteiger partial charge in [0.15, 0.2) is 0 Å². The topological polar surface area (TPSA) is 96.0 Å². The average molecular weight is 339 g/mol. The lowest BCUT2D eigenvalue weighted by Gasteiger charge is -2.38. The highest BCUT2D eigenvalue weighted by Crippen LogP contribution is 2.26. The summed E-state index contributed by atoms with van der Waals surface area (Å²) in [7, 11) is 0. The molecule has 6 nitrogen and oxygen atoms in total. The SMILES string of the molecule is Cc1cc(C#N)nc(N2CCC(N[C@@H]3CCCC[C@H]3O)CC2)c1C#N. The van der Waals surface area contributed by atoms with Crippen molar-refractivity contribution in [3.63, 3.8) is 0 Å². The maximum Gasteiger partial charge on any atom is 0.148 e. The van der Waals surface area contributed by atoms with Crippen LogP contribution < -0.4 is 10.2 Å². The largest absolute Gasteiger partial charge is 0.392 e. The van der Waals surface area contributed by atoms with Gasteiger partial charge in [-0.1, -0.05) is 12.8 Å². The summed E-state index contributed by atoms with van der Waals surface area (Å²) in [6.45, 7) is 3.45. The van der Waals surface area contributed by atoms with Crippen LogP contribution in [0.25, 0.3) is 0 Å². The van der Waals surface area contributed by atoms with Crippen LogP contribution in [0.15, 0.2) is 6.07 Å². The van der Waals surface area contributed by atoms with E-state index in [1.54, 1.807) is 6.07 Å². The monoisotopic (exact) mass is 339 g/mol. The molecule has 0 spiro atoms. The van der Waals surface area contributed by atoms with Gasteiger partial charge in [-0.25, -0.2) is 4.98 Å². The minimum Gasteiger partial charge on any atom is -0.392 e. The molecule has 0 aromatic carbocycles. The van der Waals surface area contributed by atoms with Gasteiger partial charge < -0.3 is 15.3 Å². The molecule has 0 radical (unpaired) electrons.